The van der Waals surface area contributed by atoms with Crippen LogP contribution in [-0.4, -0.2) is 28.6 Å². The third-order valence-electron chi connectivity index (χ3n) is 5.97. The number of carbonyl (C=O) groups excluding carboxylic acids is 2. The summed E-state index contributed by atoms with van der Waals surface area (Å²) >= 11 is 1.44. The number of aryl methyl sites for hydroxylation is 2. The van der Waals surface area contributed by atoms with E-state index in [0.717, 1.165) is 33.1 Å². The largest absolute Gasteiger partial charge is 0.463 e. The van der Waals surface area contributed by atoms with E-state index in [0.29, 0.717) is 17.8 Å². The van der Waals surface area contributed by atoms with Gasteiger partial charge in [-0.25, -0.2) is 14.2 Å². The van der Waals surface area contributed by atoms with E-state index in [1.54, 1.807) is 19.1 Å². The number of allylic oxidation sites excluding steroid dienone is 1. The number of halogens is 1. The summed E-state index contributed by atoms with van der Waals surface area (Å²) in [7, 11) is 0. The van der Waals surface area contributed by atoms with Crippen molar-refractivity contribution in [1.82, 2.24) is 10.2 Å². The molecule has 0 saturated heterocycles. The van der Waals surface area contributed by atoms with Crippen molar-refractivity contribution >= 4 is 28.8 Å². The number of aliphatic imine (C=N–C) groups is 1. The zero-order chi connectivity index (χ0) is 25.1. The van der Waals surface area contributed by atoms with Crippen molar-refractivity contribution in [3.8, 4) is 0 Å². The van der Waals surface area contributed by atoms with Gasteiger partial charge in [-0.3, -0.25) is 4.79 Å². The van der Waals surface area contributed by atoms with E-state index in [-0.39, 0.29) is 24.8 Å². The van der Waals surface area contributed by atoms with Gasteiger partial charge >= 0.3 is 5.97 Å². The summed E-state index contributed by atoms with van der Waals surface area (Å²) in [6.45, 7) is 8.19. The maximum atomic E-state index is 13.2. The second-order valence-corrected chi connectivity index (χ2v) is 9.39. The normalized spacial score (nSPS) is 17.1. The summed E-state index contributed by atoms with van der Waals surface area (Å²) in [5.41, 5.74) is 5.74. The highest BCUT2D eigenvalue weighted by Gasteiger charge is 2.41. The molecule has 0 aromatic heterocycles. The minimum atomic E-state index is -0.451. The number of hydrogen-bond acceptors (Lipinski definition) is 6. The van der Waals surface area contributed by atoms with Gasteiger partial charge in [0, 0.05) is 12.2 Å². The van der Waals surface area contributed by atoms with Gasteiger partial charge in [0.2, 0.25) is 5.91 Å². The first-order chi connectivity index (χ1) is 16.8. The van der Waals surface area contributed by atoms with Crippen LogP contribution in [0.1, 0.15) is 48.6 Å². The van der Waals surface area contributed by atoms with Crippen LogP contribution in [0.2, 0.25) is 0 Å². The molecule has 0 spiro atoms. The highest BCUT2D eigenvalue weighted by Crippen LogP contribution is 2.45. The molecule has 2 aliphatic heterocycles. The van der Waals surface area contributed by atoms with Crippen LogP contribution >= 0.6 is 11.8 Å². The van der Waals surface area contributed by atoms with E-state index in [4.69, 9.17) is 4.74 Å². The quantitative estimate of drug-likeness (QED) is 0.531. The Balaban J connectivity index is 1.63. The average molecular weight is 494 g/mol. The fourth-order valence-corrected chi connectivity index (χ4v) is 5.18. The number of benzene rings is 2. The number of thioether (sulfide) groups is 1. The lowest BCUT2D eigenvalue weighted by Gasteiger charge is -2.37. The van der Waals surface area contributed by atoms with Crippen molar-refractivity contribution in [3.05, 3.63) is 92.9 Å². The first-order valence-corrected chi connectivity index (χ1v) is 12.4. The minimum Gasteiger partial charge on any atom is -0.463 e. The molecule has 6 nitrogen and oxygen atoms in total. The highest BCUT2D eigenvalue weighted by molar-refractivity contribution is 8.16. The Hall–Kier alpha value is -3.39. The Labute approximate surface area is 209 Å². The number of ether oxygens (including phenoxy) is 1. The van der Waals surface area contributed by atoms with Crippen molar-refractivity contribution < 1.29 is 18.7 Å². The van der Waals surface area contributed by atoms with E-state index in [9.17, 15) is 14.0 Å². The molecule has 2 aliphatic rings. The lowest BCUT2D eigenvalue weighted by molar-refractivity contribution is -0.139. The standard InChI is InChI=1S/C27H28FN3O3S/c1-5-34-26(33)24-18(4)30-27-31(25(24)22-12-16(2)6-7-17(22)3)21(15-35-27)13-23(32)29-14-19-8-10-20(28)11-9-19/h6-12,15,25H,5,13-14H2,1-4H3,(H,29,32)/t25-/m1/s1. The molecule has 1 amide bonds. The fraction of sp³-hybridized carbons (Fsp3) is 0.296. The Morgan fingerprint density at radius 1 is 1.14 bits per heavy atom. The van der Waals surface area contributed by atoms with Crippen molar-refractivity contribution in [2.24, 2.45) is 4.99 Å². The van der Waals surface area contributed by atoms with Crippen molar-refractivity contribution in [1.29, 1.82) is 0 Å². The topological polar surface area (TPSA) is 71.0 Å². The van der Waals surface area contributed by atoms with Crippen molar-refractivity contribution in [3.63, 3.8) is 0 Å². The predicted octanol–water partition coefficient (Wildman–Crippen LogP) is 5.29. The molecule has 0 radical (unpaired) electrons. The minimum absolute atomic E-state index is 0.115. The number of fused-ring (bicyclic) bond motifs is 1. The van der Waals surface area contributed by atoms with Crippen LogP contribution in [-0.2, 0) is 20.9 Å². The van der Waals surface area contributed by atoms with Gasteiger partial charge in [-0.15, -0.1) is 0 Å². The zero-order valence-electron chi connectivity index (χ0n) is 20.2. The van der Waals surface area contributed by atoms with Gasteiger partial charge in [-0.05, 0) is 61.9 Å². The molecule has 8 heteroatoms. The van der Waals surface area contributed by atoms with Crippen molar-refractivity contribution in [2.75, 3.05) is 6.61 Å². The third kappa shape index (κ3) is 5.32. The van der Waals surface area contributed by atoms with Gasteiger partial charge < -0.3 is 15.0 Å². The molecule has 182 valence electrons. The number of amidine groups is 1. The SMILES string of the molecule is CCOC(=O)C1=C(C)N=C2SC=C(CC(=O)NCc3ccc(F)cc3)N2[C@@H]1c1cc(C)ccc1C. The van der Waals surface area contributed by atoms with Gasteiger partial charge in [-0.1, -0.05) is 47.7 Å². The molecule has 1 atom stereocenters. The van der Waals surface area contributed by atoms with Crippen LogP contribution in [0, 0.1) is 19.7 Å². The Kier molecular flexibility index (Phi) is 7.40. The molecule has 2 aromatic carbocycles. The molecule has 2 heterocycles. The Morgan fingerprint density at radius 3 is 2.60 bits per heavy atom. The molecular weight excluding hydrogens is 465 g/mol. The second-order valence-electron chi connectivity index (χ2n) is 8.55. The summed E-state index contributed by atoms with van der Waals surface area (Å²) in [6.07, 6.45) is 0.115. The maximum Gasteiger partial charge on any atom is 0.338 e. The fourth-order valence-electron chi connectivity index (χ4n) is 4.22. The summed E-state index contributed by atoms with van der Waals surface area (Å²) in [5, 5.41) is 5.53. The van der Waals surface area contributed by atoms with E-state index in [2.05, 4.69) is 16.4 Å². The number of esters is 1. The van der Waals surface area contributed by atoms with Crippen LogP contribution < -0.4 is 5.32 Å². The lowest BCUT2D eigenvalue weighted by atomic mass is 9.90. The van der Waals surface area contributed by atoms with E-state index in [1.165, 1.54) is 23.9 Å². The van der Waals surface area contributed by atoms with Crippen LogP contribution in [0.25, 0.3) is 0 Å². The van der Waals surface area contributed by atoms with Crippen LogP contribution in [0.4, 0.5) is 4.39 Å². The summed E-state index contributed by atoms with van der Waals surface area (Å²) < 4.78 is 18.6. The first-order valence-electron chi connectivity index (χ1n) is 11.5. The van der Waals surface area contributed by atoms with Crippen LogP contribution in [0.5, 0.6) is 0 Å². The van der Waals surface area contributed by atoms with Gasteiger partial charge in [0.1, 0.15) is 5.82 Å². The highest BCUT2D eigenvalue weighted by atomic mass is 32.2. The van der Waals surface area contributed by atoms with E-state index >= 15 is 0 Å². The van der Waals surface area contributed by atoms with Crippen LogP contribution in [0.15, 0.2) is 69.8 Å². The van der Waals surface area contributed by atoms with Gasteiger partial charge in [-0.2, -0.15) is 0 Å². The average Bonchev–Trinajstić information content (AvgIpc) is 3.21. The molecule has 35 heavy (non-hydrogen) atoms. The monoisotopic (exact) mass is 493 g/mol. The predicted molar refractivity (Wildman–Crippen MR) is 136 cm³/mol. The number of nitrogens with zero attached hydrogens (tertiary/aromatic N) is 2. The summed E-state index contributed by atoms with van der Waals surface area (Å²) in [5.74, 6) is -0.898. The van der Waals surface area contributed by atoms with Crippen LogP contribution in [0.3, 0.4) is 0 Å². The van der Waals surface area contributed by atoms with Gasteiger partial charge in [0.25, 0.3) is 0 Å². The zero-order valence-corrected chi connectivity index (χ0v) is 21.0. The molecule has 1 N–H and O–H groups in total. The van der Waals surface area contributed by atoms with Crippen molar-refractivity contribution in [2.45, 2.75) is 46.7 Å². The maximum absolute atomic E-state index is 13.2. The van der Waals surface area contributed by atoms with Gasteiger partial charge in [0.15, 0.2) is 5.17 Å². The molecule has 0 bridgehead atoms. The molecular formula is C27H28FN3O3S. The number of amides is 1. The third-order valence-corrected chi connectivity index (χ3v) is 6.86. The molecule has 0 unspecified atom stereocenters. The number of carbonyl (C=O) groups is 2. The smallest absolute Gasteiger partial charge is 0.338 e. The summed E-state index contributed by atoms with van der Waals surface area (Å²) in [4.78, 5) is 32.6. The second kappa shape index (κ2) is 10.5. The van der Waals surface area contributed by atoms with E-state index < -0.39 is 12.0 Å². The van der Waals surface area contributed by atoms with Gasteiger partial charge in [0.05, 0.1) is 30.3 Å². The number of rotatable bonds is 7. The number of hydrogen-bond donors (Lipinski definition) is 1. The number of nitrogens with one attached hydrogen (secondary N) is 1. The van der Waals surface area contributed by atoms with E-state index in [1.807, 2.05) is 43.2 Å². The Bertz CT molecular complexity index is 1250. The molecule has 4 rings (SSSR count). The molecule has 2 aromatic rings. The Morgan fingerprint density at radius 2 is 1.89 bits per heavy atom. The molecule has 0 saturated carbocycles. The summed E-state index contributed by atoms with van der Waals surface area (Å²) in [6, 6.07) is 11.7. The molecule has 0 fully saturated rings. The lowest BCUT2D eigenvalue weighted by Crippen LogP contribution is -2.38. The first kappa shape index (κ1) is 24.7. The molecule has 0 aliphatic carbocycles.